The monoisotopic (exact) mass is 190 g/mol. The highest BCUT2D eigenvalue weighted by Gasteiger charge is 2.08. The van der Waals surface area contributed by atoms with Gasteiger partial charge in [0.15, 0.2) is 5.76 Å². The number of hydrogen-bond acceptors (Lipinski definition) is 5. The molecule has 0 heterocycles. The first-order chi connectivity index (χ1) is 6.22. The standard InChI is InChI=1S/C8H14O5/c1-7(12-6-4-10)8(11)13-5-2-3-9/h9-10H,1-6H2. The van der Waals surface area contributed by atoms with E-state index in [1.54, 1.807) is 0 Å². The quantitative estimate of drug-likeness (QED) is 0.243. The third-order valence-electron chi connectivity index (χ3n) is 1.13. The predicted molar refractivity (Wildman–Crippen MR) is 44.8 cm³/mol. The lowest BCUT2D eigenvalue weighted by Gasteiger charge is -2.06. The molecule has 0 aliphatic rings. The van der Waals surface area contributed by atoms with Gasteiger partial charge in [-0.1, -0.05) is 0 Å². The fourth-order valence-corrected chi connectivity index (χ4v) is 0.538. The summed E-state index contributed by atoms with van der Waals surface area (Å²) in [5.74, 6) is -0.797. The van der Waals surface area contributed by atoms with Crippen molar-refractivity contribution in [3.05, 3.63) is 12.3 Å². The van der Waals surface area contributed by atoms with E-state index < -0.39 is 5.97 Å². The van der Waals surface area contributed by atoms with Crippen molar-refractivity contribution >= 4 is 5.97 Å². The first-order valence-electron chi connectivity index (χ1n) is 3.93. The number of hydrogen-bond donors (Lipinski definition) is 2. The minimum atomic E-state index is -0.665. The van der Waals surface area contributed by atoms with Crippen LogP contribution in [0, 0.1) is 0 Å². The fourth-order valence-electron chi connectivity index (χ4n) is 0.538. The fraction of sp³-hybridized carbons (Fsp3) is 0.625. The summed E-state index contributed by atoms with van der Waals surface area (Å²) in [6, 6.07) is 0. The van der Waals surface area contributed by atoms with Gasteiger partial charge < -0.3 is 19.7 Å². The zero-order valence-corrected chi connectivity index (χ0v) is 7.36. The highest BCUT2D eigenvalue weighted by Crippen LogP contribution is 1.97. The van der Waals surface area contributed by atoms with Crippen molar-refractivity contribution in [2.45, 2.75) is 6.42 Å². The molecule has 0 radical (unpaired) electrons. The van der Waals surface area contributed by atoms with Gasteiger partial charge >= 0.3 is 5.97 Å². The molecule has 0 amide bonds. The molecular weight excluding hydrogens is 176 g/mol. The summed E-state index contributed by atoms with van der Waals surface area (Å²) in [6.45, 7) is 3.25. The summed E-state index contributed by atoms with van der Waals surface area (Å²) >= 11 is 0. The van der Waals surface area contributed by atoms with E-state index in [1.807, 2.05) is 0 Å². The molecule has 0 aromatic heterocycles. The minimum Gasteiger partial charge on any atom is -0.485 e. The molecule has 0 aromatic rings. The van der Waals surface area contributed by atoms with E-state index in [2.05, 4.69) is 11.3 Å². The van der Waals surface area contributed by atoms with Crippen LogP contribution in [0.2, 0.25) is 0 Å². The number of rotatable bonds is 7. The molecule has 0 saturated carbocycles. The normalized spacial score (nSPS) is 9.38. The Morgan fingerprint density at radius 1 is 1.15 bits per heavy atom. The lowest BCUT2D eigenvalue weighted by atomic mass is 10.5. The summed E-state index contributed by atoms with van der Waals surface area (Å²) in [7, 11) is 0. The van der Waals surface area contributed by atoms with Crippen LogP contribution in [0.15, 0.2) is 12.3 Å². The first kappa shape index (κ1) is 11.9. The highest BCUT2D eigenvalue weighted by atomic mass is 16.6. The molecule has 76 valence electrons. The van der Waals surface area contributed by atoms with Crippen LogP contribution in [-0.4, -0.2) is 42.6 Å². The van der Waals surface area contributed by atoms with Gasteiger partial charge in [0, 0.05) is 13.0 Å². The number of aliphatic hydroxyl groups is 2. The number of ether oxygens (including phenoxy) is 2. The van der Waals surface area contributed by atoms with Gasteiger partial charge in [0.25, 0.3) is 0 Å². The topological polar surface area (TPSA) is 76.0 Å². The van der Waals surface area contributed by atoms with E-state index in [1.165, 1.54) is 0 Å². The largest absolute Gasteiger partial charge is 0.485 e. The Labute approximate surface area is 76.6 Å². The van der Waals surface area contributed by atoms with Crippen molar-refractivity contribution in [1.82, 2.24) is 0 Å². The Morgan fingerprint density at radius 2 is 1.85 bits per heavy atom. The van der Waals surface area contributed by atoms with Crippen LogP contribution < -0.4 is 0 Å². The molecule has 0 aromatic carbocycles. The molecule has 0 fully saturated rings. The van der Waals surface area contributed by atoms with Gasteiger partial charge in [0.05, 0.1) is 13.2 Å². The number of carbonyl (C=O) groups excluding carboxylic acids is 1. The Hall–Kier alpha value is -1.07. The maximum Gasteiger partial charge on any atom is 0.372 e. The van der Waals surface area contributed by atoms with E-state index in [0.717, 1.165) is 0 Å². The summed E-state index contributed by atoms with van der Waals surface area (Å²) in [4.78, 5) is 10.9. The van der Waals surface area contributed by atoms with E-state index >= 15 is 0 Å². The van der Waals surface area contributed by atoms with Gasteiger partial charge in [-0.25, -0.2) is 4.79 Å². The number of esters is 1. The molecule has 0 aliphatic heterocycles. The summed E-state index contributed by atoms with van der Waals surface area (Å²) in [5.41, 5.74) is 0. The molecule has 0 rings (SSSR count). The van der Waals surface area contributed by atoms with Crippen LogP contribution in [0.4, 0.5) is 0 Å². The van der Waals surface area contributed by atoms with Gasteiger partial charge in [-0.2, -0.15) is 0 Å². The predicted octanol–water partition coefficient (Wildman–Crippen LogP) is -0.565. The maximum atomic E-state index is 10.9. The van der Waals surface area contributed by atoms with Crippen LogP contribution >= 0.6 is 0 Å². The van der Waals surface area contributed by atoms with Crippen molar-refractivity contribution in [3.8, 4) is 0 Å². The zero-order valence-electron chi connectivity index (χ0n) is 7.36. The molecule has 0 unspecified atom stereocenters. The molecule has 0 saturated heterocycles. The molecule has 5 nitrogen and oxygen atoms in total. The summed E-state index contributed by atoms with van der Waals surface area (Å²) in [5, 5.41) is 16.7. The van der Waals surface area contributed by atoms with Crippen LogP contribution in [0.1, 0.15) is 6.42 Å². The second-order valence-corrected chi connectivity index (χ2v) is 2.21. The molecule has 0 bridgehead atoms. The Balaban J connectivity index is 3.51. The Morgan fingerprint density at radius 3 is 2.38 bits per heavy atom. The van der Waals surface area contributed by atoms with Crippen molar-refractivity contribution in [2.24, 2.45) is 0 Å². The smallest absolute Gasteiger partial charge is 0.372 e. The van der Waals surface area contributed by atoms with Crippen LogP contribution in [0.3, 0.4) is 0 Å². The summed E-state index contributed by atoms with van der Waals surface area (Å²) in [6.07, 6.45) is 0.388. The first-order valence-corrected chi connectivity index (χ1v) is 3.93. The summed E-state index contributed by atoms with van der Waals surface area (Å²) < 4.78 is 9.34. The molecule has 0 aliphatic carbocycles. The van der Waals surface area contributed by atoms with E-state index in [0.29, 0.717) is 6.42 Å². The SMILES string of the molecule is C=C(OCCO)C(=O)OCCCO. The van der Waals surface area contributed by atoms with E-state index in [4.69, 9.17) is 14.9 Å². The average molecular weight is 190 g/mol. The second-order valence-electron chi connectivity index (χ2n) is 2.21. The van der Waals surface area contributed by atoms with E-state index in [9.17, 15) is 4.79 Å². The Bertz CT molecular complexity index is 166. The van der Waals surface area contributed by atoms with Gasteiger partial charge in [-0.05, 0) is 6.58 Å². The lowest BCUT2D eigenvalue weighted by Crippen LogP contribution is -2.12. The zero-order chi connectivity index (χ0) is 10.1. The van der Waals surface area contributed by atoms with Gasteiger partial charge in [0.1, 0.15) is 6.61 Å². The molecule has 0 atom stereocenters. The lowest BCUT2D eigenvalue weighted by molar-refractivity contribution is -0.143. The molecule has 2 N–H and O–H groups in total. The second kappa shape index (κ2) is 7.57. The highest BCUT2D eigenvalue weighted by molar-refractivity contribution is 5.85. The number of aliphatic hydroxyl groups excluding tert-OH is 2. The van der Waals surface area contributed by atoms with E-state index in [-0.39, 0.29) is 32.2 Å². The van der Waals surface area contributed by atoms with Crippen molar-refractivity contribution in [2.75, 3.05) is 26.4 Å². The molecule has 0 spiro atoms. The minimum absolute atomic E-state index is 0.0218. The third-order valence-corrected chi connectivity index (χ3v) is 1.13. The van der Waals surface area contributed by atoms with Gasteiger partial charge in [-0.3, -0.25) is 0 Å². The van der Waals surface area contributed by atoms with Crippen LogP contribution in [0.25, 0.3) is 0 Å². The third kappa shape index (κ3) is 6.12. The Kier molecular flexibility index (Phi) is 6.95. The van der Waals surface area contributed by atoms with Crippen LogP contribution in [0.5, 0.6) is 0 Å². The molecule has 5 heteroatoms. The van der Waals surface area contributed by atoms with Gasteiger partial charge in [-0.15, -0.1) is 0 Å². The van der Waals surface area contributed by atoms with Crippen molar-refractivity contribution < 1.29 is 24.5 Å². The molecular formula is C8H14O5. The van der Waals surface area contributed by atoms with Crippen molar-refractivity contribution in [1.29, 1.82) is 0 Å². The van der Waals surface area contributed by atoms with Crippen LogP contribution in [-0.2, 0) is 14.3 Å². The average Bonchev–Trinajstić information content (AvgIpc) is 2.14. The van der Waals surface area contributed by atoms with Crippen molar-refractivity contribution in [3.63, 3.8) is 0 Å². The number of carbonyl (C=O) groups is 1. The maximum absolute atomic E-state index is 10.9. The van der Waals surface area contributed by atoms with Gasteiger partial charge in [0.2, 0.25) is 0 Å². The molecule has 13 heavy (non-hydrogen) atoms.